The van der Waals surface area contributed by atoms with Crippen molar-refractivity contribution in [2.45, 2.75) is 0 Å². The summed E-state index contributed by atoms with van der Waals surface area (Å²) in [6, 6.07) is 0.292. The predicted octanol–water partition coefficient (Wildman–Crippen LogP) is -0.320. The Kier molecular flexibility index (Phi) is 1.37. The van der Waals surface area contributed by atoms with Gasteiger partial charge in [-0.3, -0.25) is 0 Å². The van der Waals surface area contributed by atoms with Crippen LogP contribution in [0.4, 0.5) is 0 Å². The molecule has 0 aliphatic carbocycles. The highest BCUT2D eigenvalue weighted by Crippen LogP contribution is 1.90. The topological polar surface area (TPSA) is 47.9 Å². The quantitative estimate of drug-likeness (QED) is 0.497. The molecule has 1 rings (SSSR count). The van der Waals surface area contributed by atoms with Crippen molar-refractivity contribution in [3.05, 3.63) is 12.7 Å². The summed E-state index contributed by atoms with van der Waals surface area (Å²) in [6.45, 7) is 0. The van der Waals surface area contributed by atoms with Crippen molar-refractivity contribution in [3.8, 4) is 6.01 Å². The largest absolute Gasteiger partial charge is 0.467 e. The molecule has 0 spiro atoms. The van der Waals surface area contributed by atoms with E-state index in [1.165, 1.54) is 13.4 Å². The Morgan fingerprint density at radius 1 is 1.75 bits per heavy atom. The fraction of sp³-hybridized carbons (Fsp3) is 0.250. The molecule has 0 aliphatic rings. The molecule has 0 fully saturated rings. The van der Waals surface area contributed by atoms with E-state index >= 15 is 0 Å². The summed E-state index contributed by atoms with van der Waals surface area (Å²) in [5.74, 6) is 0. The molecule has 0 unspecified atom stereocenters. The van der Waals surface area contributed by atoms with Gasteiger partial charge in [0.15, 0.2) is 0 Å². The van der Waals surface area contributed by atoms with Gasteiger partial charge in [-0.15, -0.1) is 0 Å². The summed E-state index contributed by atoms with van der Waals surface area (Å²) in [5, 5.41) is 0. The van der Waals surface area contributed by atoms with Crippen LogP contribution in [0, 0.1) is 6.33 Å². The van der Waals surface area contributed by atoms with Crippen LogP contribution >= 0.6 is 0 Å². The van der Waals surface area contributed by atoms with Crippen LogP contribution in [0.25, 0.3) is 0 Å². The summed E-state index contributed by atoms with van der Waals surface area (Å²) in [7, 11) is 1.49. The first-order valence-electron chi connectivity index (χ1n) is 2.02. The zero-order valence-corrected chi connectivity index (χ0v) is 4.33. The zero-order valence-electron chi connectivity index (χ0n) is 4.33. The highest BCUT2D eigenvalue weighted by molar-refractivity contribution is 4.84. The molecule has 8 heavy (non-hydrogen) atoms. The number of hydrogen-bond donors (Lipinski definition) is 0. The van der Waals surface area contributed by atoms with E-state index in [9.17, 15) is 0 Å². The lowest BCUT2D eigenvalue weighted by atomic mass is 11.0. The minimum Gasteiger partial charge on any atom is -0.467 e. The third-order valence-corrected chi connectivity index (χ3v) is 0.612. The molecular weight excluding hydrogens is 106 g/mol. The zero-order chi connectivity index (χ0) is 5.82. The molecular formula is C4H4N3O. The number of aromatic nitrogens is 3. The second-order valence-corrected chi connectivity index (χ2v) is 1.07. The van der Waals surface area contributed by atoms with Crippen LogP contribution < -0.4 is 4.74 Å². The number of nitrogens with zero attached hydrogens (tertiary/aromatic N) is 3. The van der Waals surface area contributed by atoms with E-state index in [1.54, 1.807) is 0 Å². The van der Waals surface area contributed by atoms with Crippen molar-refractivity contribution in [2.75, 3.05) is 7.11 Å². The van der Waals surface area contributed by atoms with Crippen molar-refractivity contribution >= 4 is 0 Å². The number of rotatable bonds is 1. The SMILES string of the molecule is COc1n[c]ncn1. The Morgan fingerprint density at radius 3 is 3.00 bits per heavy atom. The Balaban J connectivity index is 2.83. The van der Waals surface area contributed by atoms with Crippen molar-refractivity contribution in [3.63, 3.8) is 0 Å². The molecule has 1 heterocycles. The van der Waals surface area contributed by atoms with Gasteiger partial charge >= 0.3 is 6.01 Å². The molecule has 0 atom stereocenters. The van der Waals surface area contributed by atoms with Crippen molar-refractivity contribution in [1.82, 2.24) is 15.0 Å². The third kappa shape index (κ3) is 0.900. The van der Waals surface area contributed by atoms with Crippen LogP contribution in [0.1, 0.15) is 0 Å². The monoisotopic (exact) mass is 110 g/mol. The van der Waals surface area contributed by atoms with E-state index in [0.717, 1.165) is 0 Å². The Labute approximate surface area is 46.6 Å². The van der Waals surface area contributed by atoms with Gasteiger partial charge in [0.25, 0.3) is 0 Å². The summed E-state index contributed by atoms with van der Waals surface area (Å²) in [4.78, 5) is 10.6. The molecule has 1 radical (unpaired) electrons. The van der Waals surface area contributed by atoms with Crippen LogP contribution in [0.15, 0.2) is 6.33 Å². The standard InChI is InChI=1S/C4H4N3O/c1-8-4-6-2-5-3-7-4/h2H,1H3. The first-order valence-corrected chi connectivity index (χ1v) is 2.02. The van der Waals surface area contributed by atoms with Gasteiger partial charge in [-0.05, 0) is 0 Å². The van der Waals surface area contributed by atoms with E-state index in [0.29, 0.717) is 6.01 Å². The fourth-order valence-corrected chi connectivity index (χ4v) is 0.303. The minimum absolute atomic E-state index is 0.292. The number of ether oxygens (including phenoxy) is 1. The summed E-state index contributed by atoms with van der Waals surface area (Å²) in [5.41, 5.74) is 0. The van der Waals surface area contributed by atoms with Gasteiger partial charge in [0.05, 0.1) is 7.11 Å². The number of hydrogen-bond acceptors (Lipinski definition) is 4. The van der Waals surface area contributed by atoms with E-state index in [-0.39, 0.29) is 0 Å². The average molecular weight is 110 g/mol. The molecule has 41 valence electrons. The fourth-order valence-electron chi connectivity index (χ4n) is 0.303. The van der Waals surface area contributed by atoms with E-state index in [2.05, 4.69) is 26.0 Å². The summed E-state index contributed by atoms with van der Waals surface area (Å²) in [6.07, 6.45) is 3.65. The van der Waals surface area contributed by atoms with Crippen LogP contribution in [-0.2, 0) is 0 Å². The molecule has 4 nitrogen and oxygen atoms in total. The lowest BCUT2D eigenvalue weighted by Gasteiger charge is -1.89. The molecule has 1 aromatic heterocycles. The molecule has 0 bridgehead atoms. The summed E-state index contributed by atoms with van der Waals surface area (Å²) >= 11 is 0. The van der Waals surface area contributed by atoms with Crippen LogP contribution in [0.2, 0.25) is 0 Å². The Morgan fingerprint density at radius 2 is 2.62 bits per heavy atom. The second-order valence-electron chi connectivity index (χ2n) is 1.07. The maximum atomic E-state index is 4.62. The average Bonchev–Trinajstić information content (AvgIpc) is 1.90. The second kappa shape index (κ2) is 2.20. The normalized spacial score (nSPS) is 8.62. The van der Waals surface area contributed by atoms with Crippen molar-refractivity contribution in [1.29, 1.82) is 0 Å². The molecule has 0 aromatic carbocycles. The van der Waals surface area contributed by atoms with Crippen LogP contribution in [-0.4, -0.2) is 22.1 Å². The maximum Gasteiger partial charge on any atom is 0.319 e. The molecule has 0 amide bonds. The molecule has 0 N–H and O–H groups in total. The van der Waals surface area contributed by atoms with Gasteiger partial charge < -0.3 is 4.74 Å². The number of methoxy groups -OCH3 is 1. The first kappa shape index (κ1) is 4.96. The van der Waals surface area contributed by atoms with Crippen LogP contribution in [0.5, 0.6) is 6.01 Å². The molecule has 0 aliphatic heterocycles. The highest BCUT2D eigenvalue weighted by Gasteiger charge is 1.85. The minimum atomic E-state index is 0.292. The first-order chi connectivity index (χ1) is 3.93. The predicted molar refractivity (Wildman–Crippen MR) is 25.2 cm³/mol. The van der Waals surface area contributed by atoms with Crippen molar-refractivity contribution in [2.24, 2.45) is 0 Å². The van der Waals surface area contributed by atoms with Gasteiger partial charge in [-0.1, -0.05) is 0 Å². The van der Waals surface area contributed by atoms with Crippen LogP contribution in [0.3, 0.4) is 0 Å². The highest BCUT2D eigenvalue weighted by atomic mass is 16.5. The van der Waals surface area contributed by atoms with Gasteiger partial charge in [-0.2, -0.15) is 9.97 Å². The van der Waals surface area contributed by atoms with Gasteiger partial charge in [0.2, 0.25) is 6.33 Å². The van der Waals surface area contributed by atoms with Crippen molar-refractivity contribution < 1.29 is 4.74 Å². The van der Waals surface area contributed by atoms with E-state index in [4.69, 9.17) is 0 Å². The van der Waals surface area contributed by atoms with Gasteiger partial charge in [0.1, 0.15) is 6.33 Å². The lowest BCUT2D eigenvalue weighted by molar-refractivity contribution is 0.377. The molecule has 0 saturated carbocycles. The smallest absolute Gasteiger partial charge is 0.319 e. The molecule has 1 aromatic rings. The lowest BCUT2D eigenvalue weighted by Crippen LogP contribution is -1.90. The maximum absolute atomic E-state index is 4.62. The van der Waals surface area contributed by atoms with Gasteiger partial charge in [-0.25, -0.2) is 4.98 Å². The third-order valence-electron chi connectivity index (χ3n) is 0.612. The summed E-state index contributed by atoms with van der Waals surface area (Å²) < 4.78 is 4.62. The van der Waals surface area contributed by atoms with E-state index in [1.807, 2.05) is 0 Å². The van der Waals surface area contributed by atoms with E-state index < -0.39 is 0 Å². The Hall–Kier alpha value is -1.19. The van der Waals surface area contributed by atoms with Gasteiger partial charge in [0, 0.05) is 0 Å². The Bertz CT molecular complexity index is 153. The molecule has 4 heteroatoms. The molecule has 0 saturated heterocycles.